The van der Waals surface area contributed by atoms with Gasteiger partial charge in [-0.05, 0) is 32.4 Å². The van der Waals surface area contributed by atoms with Gasteiger partial charge in [0.25, 0.3) is 0 Å². The summed E-state index contributed by atoms with van der Waals surface area (Å²) in [5.74, 6) is 1.77. The van der Waals surface area contributed by atoms with Crippen LogP contribution < -0.4 is 0 Å². The van der Waals surface area contributed by atoms with Crippen LogP contribution >= 0.6 is 0 Å². The van der Waals surface area contributed by atoms with E-state index in [2.05, 4.69) is 28.2 Å². The molecule has 0 amide bonds. The van der Waals surface area contributed by atoms with Crippen LogP contribution in [0.1, 0.15) is 17.1 Å². The first-order chi connectivity index (χ1) is 7.09. The highest BCUT2D eigenvalue weighted by Gasteiger charge is 2.08. The maximum atomic E-state index is 4.32. The molecule has 2 aromatic rings. The molecule has 4 heteroatoms. The molecule has 0 bridgehead atoms. The fourth-order valence-corrected chi connectivity index (χ4v) is 1.42. The molecule has 4 nitrogen and oxygen atoms in total. The zero-order valence-electron chi connectivity index (χ0n) is 9.44. The average molecular weight is 202 g/mol. The molecule has 0 spiro atoms. The Hall–Kier alpha value is -1.71. The number of aromatic nitrogens is 4. The van der Waals surface area contributed by atoms with E-state index in [9.17, 15) is 0 Å². The van der Waals surface area contributed by atoms with Crippen molar-refractivity contribution in [2.75, 3.05) is 0 Å². The van der Waals surface area contributed by atoms with Crippen molar-refractivity contribution in [3.8, 4) is 11.4 Å². The van der Waals surface area contributed by atoms with Crippen molar-refractivity contribution >= 4 is 0 Å². The van der Waals surface area contributed by atoms with Gasteiger partial charge in [0.05, 0.1) is 0 Å². The molecule has 0 aromatic carbocycles. The summed E-state index contributed by atoms with van der Waals surface area (Å²) in [6.07, 6.45) is 1.84. The van der Waals surface area contributed by atoms with Gasteiger partial charge in [-0.15, -0.1) is 10.2 Å². The lowest BCUT2D eigenvalue weighted by atomic mass is 10.1. The molecule has 0 saturated carbocycles. The minimum Gasteiger partial charge on any atom is -0.314 e. The Kier molecular flexibility index (Phi) is 2.26. The molecule has 0 fully saturated rings. The van der Waals surface area contributed by atoms with E-state index in [0.29, 0.717) is 0 Å². The predicted molar refractivity (Wildman–Crippen MR) is 58.4 cm³/mol. The van der Waals surface area contributed by atoms with Gasteiger partial charge in [-0.25, -0.2) is 0 Å². The molecule has 2 rings (SSSR count). The molecular weight excluding hydrogens is 188 g/mol. The second-order valence-electron chi connectivity index (χ2n) is 3.76. The molecule has 0 aliphatic heterocycles. The van der Waals surface area contributed by atoms with Crippen LogP contribution in [-0.2, 0) is 7.05 Å². The number of rotatable bonds is 1. The molecule has 0 N–H and O–H groups in total. The first-order valence-electron chi connectivity index (χ1n) is 4.89. The van der Waals surface area contributed by atoms with Crippen LogP contribution in [0.3, 0.4) is 0 Å². The topological polar surface area (TPSA) is 43.6 Å². The van der Waals surface area contributed by atoms with Crippen LogP contribution in [0.2, 0.25) is 0 Å². The summed E-state index contributed by atoms with van der Waals surface area (Å²) in [5.41, 5.74) is 3.24. The fourth-order valence-electron chi connectivity index (χ4n) is 1.42. The summed E-state index contributed by atoms with van der Waals surface area (Å²) in [4.78, 5) is 4.32. The van der Waals surface area contributed by atoms with Crippen molar-refractivity contribution in [3.63, 3.8) is 0 Å². The SMILES string of the molecule is Cc1cc(-c2nnc(C)n2C)cnc1C. The molecule has 0 radical (unpaired) electrons. The zero-order valence-corrected chi connectivity index (χ0v) is 9.44. The van der Waals surface area contributed by atoms with Crippen LogP contribution in [-0.4, -0.2) is 19.7 Å². The first-order valence-corrected chi connectivity index (χ1v) is 4.89. The highest BCUT2D eigenvalue weighted by atomic mass is 15.3. The third-order valence-corrected chi connectivity index (χ3v) is 2.69. The summed E-state index contributed by atoms with van der Waals surface area (Å²) in [6.45, 7) is 5.99. The van der Waals surface area contributed by atoms with E-state index in [1.807, 2.05) is 31.7 Å². The van der Waals surface area contributed by atoms with Gasteiger partial charge in [0.2, 0.25) is 0 Å². The summed E-state index contributed by atoms with van der Waals surface area (Å²) in [7, 11) is 1.96. The average Bonchev–Trinajstić information content (AvgIpc) is 2.53. The Morgan fingerprint density at radius 3 is 2.40 bits per heavy atom. The largest absolute Gasteiger partial charge is 0.314 e. The van der Waals surface area contributed by atoms with E-state index in [1.54, 1.807) is 0 Å². The van der Waals surface area contributed by atoms with Crippen molar-refractivity contribution < 1.29 is 0 Å². The lowest BCUT2D eigenvalue weighted by Crippen LogP contribution is -1.96. The molecule has 0 atom stereocenters. The van der Waals surface area contributed by atoms with Crippen molar-refractivity contribution in [2.45, 2.75) is 20.8 Å². The van der Waals surface area contributed by atoms with Gasteiger partial charge in [0.15, 0.2) is 5.82 Å². The van der Waals surface area contributed by atoms with E-state index in [1.165, 1.54) is 5.56 Å². The second kappa shape index (κ2) is 3.46. The number of aryl methyl sites for hydroxylation is 3. The molecular formula is C11H14N4. The van der Waals surface area contributed by atoms with Crippen LogP contribution in [0.4, 0.5) is 0 Å². The Morgan fingerprint density at radius 2 is 1.87 bits per heavy atom. The summed E-state index contributed by atoms with van der Waals surface area (Å²) in [5, 5.41) is 8.16. The third-order valence-electron chi connectivity index (χ3n) is 2.69. The van der Waals surface area contributed by atoms with Gasteiger partial charge in [-0.1, -0.05) is 0 Å². The van der Waals surface area contributed by atoms with Crippen molar-refractivity contribution in [3.05, 3.63) is 29.3 Å². The Bertz CT molecular complexity index is 499. The van der Waals surface area contributed by atoms with Gasteiger partial charge in [-0.2, -0.15) is 0 Å². The first kappa shape index (κ1) is 9.83. The molecule has 15 heavy (non-hydrogen) atoms. The van der Waals surface area contributed by atoms with Gasteiger partial charge in [-0.3, -0.25) is 4.98 Å². The van der Waals surface area contributed by atoms with E-state index >= 15 is 0 Å². The van der Waals surface area contributed by atoms with Crippen molar-refractivity contribution in [1.82, 2.24) is 19.7 Å². The molecule has 0 unspecified atom stereocenters. The molecule has 78 valence electrons. The monoisotopic (exact) mass is 202 g/mol. The predicted octanol–water partition coefficient (Wildman–Crippen LogP) is 1.80. The minimum atomic E-state index is 0.864. The summed E-state index contributed by atoms with van der Waals surface area (Å²) >= 11 is 0. The Labute approximate surface area is 89.0 Å². The van der Waals surface area contributed by atoms with Gasteiger partial charge in [0, 0.05) is 24.5 Å². The van der Waals surface area contributed by atoms with Gasteiger partial charge in [0.1, 0.15) is 5.82 Å². The Morgan fingerprint density at radius 1 is 1.13 bits per heavy atom. The smallest absolute Gasteiger partial charge is 0.165 e. The van der Waals surface area contributed by atoms with Crippen LogP contribution in [0.5, 0.6) is 0 Å². The Balaban J connectivity index is 2.55. The fraction of sp³-hybridized carbons (Fsp3) is 0.364. The maximum Gasteiger partial charge on any atom is 0.165 e. The molecule has 2 heterocycles. The van der Waals surface area contributed by atoms with E-state index < -0.39 is 0 Å². The number of nitrogens with zero attached hydrogens (tertiary/aromatic N) is 4. The maximum absolute atomic E-state index is 4.32. The third kappa shape index (κ3) is 1.63. The normalized spacial score (nSPS) is 10.7. The molecule has 0 aliphatic rings. The van der Waals surface area contributed by atoms with Gasteiger partial charge >= 0.3 is 0 Å². The highest BCUT2D eigenvalue weighted by Crippen LogP contribution is 2.18. The highest BCUT2D eigenvalue weighted by molar-refractivity contribution is 5.55. The van der Waals surface area contributed by atoms with E-state index in [4.69, 9.17) is 0 Å². The van der Waals surface area contributed by atoms with Crippen molar-refractivity contribution in [1.29, 1.82) is 0 Å². The standard InChI is InChI=1S/C11H14N4/c1-7-5-10(6-12-8(7)2)11-14-13-9(3)15(11)4/h5-6H,1-4H3. The lowest BCUT2D eigenvalue weighted by molar-refractivity contribution is 0.864. The van der Waals surface area contributed by atoms with Gasteiger partial charge < -0.3 is 4.57 Å². The van der Waals surface area contributed by atoms with E-state index in [-0.39, 0.29) is 0 Å². The van der Waals surface area contributed by atoms with E-state index in [0.717, 1.165) is 22.9 Å². The molecule has 0 saturated heterocycles. The summed E-state index contributed by atoms with van der Waals surface area (Å²) in [6, 6.07) is 2.09. The quantitative estimate of drug-likeness (QED) is 0.708. The zero-order chi connectivity index (χ0) is 11.0. The van der Waals surface area contributed by atoms with Crippen LogP contribution in [0, 0.1) is 20.8 Å². The second-order valence-corrected chi connectivity index (χ2v) is 3.76. The van der Waals surface area contributed by atoms with Crippen molar-refractivity contribution in [2.24, 2.45) is 7.05 Å². The lowest BCUT2D eigenvalue weighted by Gasteiger charge is -2.04. The minimum absolute atomic E-state index is 0.864. The number of hydrogen-bond acceptors (Lipinski definition) is 3. The van der Waals surface area contributed by atoms with Crippen LogP contribution in [0.15, 0.2) is 12.3 Å². The number of pyridine rings is 1. The van der Waals surface area contributed by atoms with Crippen LogP contribution in [0.25, 0.3) is 11.4 Å². The number of hydrogen-bond donors (Lipinski definition) is 0. The summed E-state index contributed by atoms with van der Waals surface area (Å²) < 4.78 is 1.96. The molecule has 2 aromatic heterocycles. The molecule has 0 aliphatic carbocycles.